The first-order valence-electron chi connectivity index (χ1n) is 8.02. The minimum atomic E-state index is -3.36. The molecule has 3 aliphatic heterocycles. The smallest absolute Gasteiger partial charge is 0.256 e. The molecule has 23 heavy (non-hydrogen) atoms. The minimum absolute atomic E-state index is 0.0234. The van der Waals surface area contributed by atoms with Crippen LogP contribution in [0, 0.1) is 5.92 Å². The first-order valence-corrected chi connectivity index (χ1v) is 9.62. The summed E-state index contributed by atoms with van der Waals surface area (Å²) >= 11 is 0. The Morgan fingerprint density at radius 3 is 3.09 bits per heavy atom. The number of carbonyl (C=O) groups is 1. The normalized spacial score (nSPS) is 26.1. The Labute approximate surface area is 136 Å². The van der Waals surface area contributed by atoms with E-state index in [1.165, 1.54) is 12.8 Å². The summed E-state index contributed by atoms with van der Waals surface area (Å²) in [4.78, 5) is 13.9. The van der Waals surface area contributed by atoms with E-state index < -0.39 is 10.0 Å². The largest absolute Gasteiger partial charge is 0.352 e. The molecule has 0 bridgehead atoms. The van der Waals surface area contributed by atoms with Crippen molar-refractivity contribution in [2.24, 2.45) is 10.3 Å². The van der Waals surface area contributed by atoms with E-state index in [4.69, 9.17) is 0 Å². The average molecular weight is 338 g/mol. The molecule has 0 aromatic rings. The Hall–Kier alpha value is -1.67. The van der Waals surface area contributed by atoms with Crippen molar-refractivity contribution in [3.8, 4) is 0 Å². The van der Waals surface area contributed by atoms with Crippen molar-refractivity contribution >= 4 is 21.8 Å². The number of carbonyl (C=O) groups excluding carboxylic acids is 1. The van der Waals surface area contributed by atoms with Crippen LogP contribution in [0.1, 0.15) is 19.3 Å². The second-order valence-electron chi connectivity index (χ2n) is 6.10. The van der Waals surface area contributed by atoms with Crippen molar-refractivity contribution in [3.05, 3.63) is 23.9 Å². The zero-order valence-corrected chi connectivity index (χ0v) is 13.8. The van der Waals surface area contributed by atoms with Crippen LogP contribution < -0.4 is 10.6 Å². The van der Waals surface area contributed by atoms with Gasteiger partial charge in [0.2, 0.25) is 0 Å². The number of amidine groups is 1. The lowest BCUT2D eigenvalue weighted by Crippen LogP contribution is -2.38. The fourth-order valence-corrected chi connectivity index (χ4v) is 3.97. The number of hydrogen-bond acceptors (Lipinski definition) is 5. The lowest BCUT2D eigenvalue weighted by atomic mass is 9.96. The van der Waals surface area contributed by atoms with Crippen molar-refractivity contribution < 1.29 is 13.2 Å². The molecule has 0 aromatic heterocycles. The zero-order valence-electron chi connectivity index (χ0n) is 13.0. The first kappa shape index (κ1) is 16.2. The second-order valence-corrected chi connectivity index (χ2v) is 7.86. The van der Waals surface area contributed by atoms with Gasteiger partial charge in [0.05, 0.1) is 11.3 Å². The molecular weight excluding hydrogens is 316 g/mol. The molecule has 1 unspecified atom stereocenters. The van der Waals surface area contributed by atoms with Gasteiger partial charge in [-0.2, -0.15) is 0 Å². The Kier molecular flexibility index (Phi) is 4.82. The van der Waals surface area contributed by atoms with Crippen LogP contribution in [0.2, 0.25) is 0 Å². The second kappa shape index (κ2) is 6.84. The highest BCUT2D eigenvalue weighted by atomic mass is 32.2. The molecule has 126 valence electrons. The lowest BCUT2D eigenvalue weighted by molar-refractivity contribution is -0.117. The quantitative estimate of drug-likeness (QED) is 0.752. The predicted molar refractivity (Wildman–Crippen MR) is 88.4 cm³/mol. The number of fused-ring (bicyclic) bond motifs is 1. The number of sulfonamides is 1. The molecule has 0 radical (unpaired) electrons. The van der Waals surface area contributed by atoms with Gasteiger partial charge in [0.15, 0.2) is 0 Å². The van der Waals surface area contributed by atoms with Gasteiger partial charge >= 0.3 is 0 Å². The highest BCUT2D eigenvalue weighted by molar-refractivity contribution is 7.90. The van der Waals surface area contributed by atoms with Crippen molar-refractivity contribution in [3.63, 3.8) is 0 Å². The van der Waals surface area contributed by atoms with Gasteiger partial charge < -0.3 is 15.5 Å². The third-order valence-electron chi connectivity index (χ3n) is 4.32. The van der Waals surface area contributed by atoms with Crippen LogP contribution in [-0.4, -0.2) is 57.0 Å². The maximum atomic E-state index is 12.2. The van der Waals surface area contributed by atoms with E-state index in [0.717, 1.165) is 19.5 Å². The molecule has 1 saturated heterocycles. The van der Waals surface area contributed by atoms with Crippen LogP contribution >= 0.6 is 0 Å². The van der Waals surface area contributed by atoms with Gasteiger partial charge in [-0.15, -0.1) is 4.40 Å². The maximum Gasteiger partial charge on any atom is 0.256 e. The van der Waals surface area contributed by atoms with Crippen LogP contribution in [0.5, 0.6) is 0 Å². The fraction of sp³-hybridized carbons (Fsp3) is 0.600. The van der Waals surface area contributed by atoms with E-state index in [1.54, 1.807) is 23.3 Å². The van der Waals surface area contributed by atoms with Crippen molar-refractivity contribution in [1.82, 2.24) is 15.5 Å². The molecule has 1 fully saturated rings. The summed E-state index contributed by atoms with van der Waals surface area (Å²) in [6.07, 6.45) is 8.26. The van der Waals surface area contributed by atoms with E-state index in [1.807, 2.05) is 0 Å². The Morgan fingerprint density at radius 1 is 1.43 bits per heavy atom. The van der Waals surface area contributed by atoms with E-state index in [9.17, 15) is 13.2 Å². The molecule has 3 heterocycles. The summed E-state index contributed by atoms with van der Waals surface area (Å²) in [5.74, 6) is 0.856. The van der Waals surface area contributed by atoms with Crippen LogP contribution in [0.3, 0.4) is 0 Å². The third-order valence-corrected chi connectivity index (χ3v) is 5.49. The number of nitrogens with zero attached hydrogens (tertiary/aromatic N) is 2. The first-order chi connectivity index (χ1) is 11.0. The average Bonchev–Trinajstić information content (AvgIpc) is 2.54. The number of amides is 1. The molecule has 0 aromatic carbocycles. The topological polar surface area (TPSA) is 90.9 Å². The summed E-state index contributed by atoms with van der Waals surface area (Å²) in [6.45, 7) is 3.11. The van der Waals surface area contributed by atoms with Crippen molar-refractivity contribution in [2.45, 2.75) is 19.3 Å². The molecule has 0 saturated carbocycles. The minimum Gasteiger partial charge on any atom is -0.352 e. The van der Waals surface area contributed by atoms with E-state index >= 15 is 0 Å². The predicted octanol–water partition coefficient (Wildman–Crippen LogP) is -0.0101. The van der Waals surface area contributed by atoms with Crippen LogP contribution in [-0.2, 0) is 14.8 Å². The molecule has 3 rings (SSSR count). The molecule has 2 N–H and O–H groups in total. The zero-order chi connectivity index (χ0) is 16.3. The van der Waals surface area contributed by atoms with Gasteiger partial charge in [-0.3, -0.25) is 4.79 Å². The summed E-state index contributed by atoms with van der Waals surface area (Å²) < 4.78 is 26.6. The Morgan fingerprint density at radius 2 is 2.30 bits per heavy atom. The van der Waals surface area contributed by atoms with Gasteiger partial charge in [0.25, 0.3) is 15.9 Å². The van der Waals surface area contributed by atoms with Gasteiger partial charge in [0, 0.05) is 19.3 Å². The fourth-order valence-electron chi connectivity index (χ4n) is 3.00. The standard InChI is InChI=1S/C15H22N4O3S/c20-15(17-7-5-12-2-1-6-16-10-12)13-3-4-14-18-23(21,22)9-8-19(14)11-13/h3-4,11-12,16H,1-2,5-10H2,(H,17,20). The number of piperidine rings is 1. The van der Waals surface area contributed by atoms with Crippen LogP contribution in [0.25, 0.3) is 0 Å². The third kappa shape index (κ3) is 4.20. The molecule has 1 amide bonds. The summed E-state index contributed by atoms with van der Waals surface area (Å²) in [5.41, 5.74) is 0.532. The molecule has 1 atom stereocenters. The van der Waals surface area contributed by atoms with E-state index in [0.29, 0.717) is 30.4 Å². The van der Waals surface area contributed by atoms with E-state index in [-0.39, 0.29) is 11.7 Å². The molecule has 0 spiro atoms. The Bertz CT molecular complexity index is 660. The summed E-state index contributed by atoms with van der Waals surface area (Å²) in [5, 5.41) is 6.31. The lowest BCUT2D eigenvalue weighted by Gasteiger charge is -2.27. The molecule has 0 aliphatic carbocycles. The van der Waals surface area contributed by atoms with Gasteiger partial charge in [-0.1, -0.05) is 0 Å². The number of nitrogens with one attached hydrogen (secondary N) is 2. The number of hydrogen-bond donors (Lipinski definition) is 2. The highest BCUT2D eigenvalue weighted by Gasteiger charge is 2.25. The molecule has 8 heteroatoms. The van der Waals surface area contributed by atoms with E-state index in [2.05, 4.69) is 15.0 Å². The highest BCUT2D eigenvalue weighted by Crippen LogP contribution is 2.16. The SMILES string of the molecule is O=C(NCCC1CCCNC1)C1=CN2CCS(=O)(=O)N=C2C=C1. The molecule has 3 aliphatic rings. The monoisotopic (exact) mass is 338 g/mol. The molecule has 7 nitrogen and oxygen atoms in total. The molecular formula is C15H22N4O3S. The van der Waals surface area contributed by atoms with Gasteiger partial charge in [0.1, 0.15) is 5.84 Å². The van der Waals surface area contributed by atoms with Gasteiger partial charge in [-0.25, -0.2) is 8.42 Å². The van der Waals surface area contributed by atoms with Crippen LogP contribution in [0.15, 0.2) is 28.3 Å². The summed E-state index contributed by atoms with van der Waals surface area (Å²) in [7, 11) is -3.36. The summed E-state index contributed by atoms with van der Waals surface area (Å²) in [6, 6.07) is 0. The van der Waals surface area contributed by atoms with Gasteiger partial charge in [-0.05, 0) is 50.4 Å². The maximum absolute atomic E-state index is 12.2. The van der Waals surface area contributed by atoms with Crippen LogP contribution in [0.4, 0.5) is 0 Å². The Balaban J connectivity index is 1.53. The number of rotatable bonds is 4. The van der Waals surface area contributed by atoms with Crippen molar-refractivity contribution in [2.75, 3.05) is 31.9 Å². The van der Waals surface area contributed by atoms with Crippen molar-refractivity contribution in [1.29, 1.82) is 0 Å².